The van der Waals surface area contributed by atoms with E-state index in [0.717, 1.165) is 17.0 Å². The van der Waals surface area contributed by atoms with Crippen LogP contribution < -0.4 is 5.32 Å². The van der Waals surface area contributed by atoms with Crippen LogP contribution in [0.25, 0.3) is 0 Å². The molecular formula is C16H14ClF2NO3S2. The lowest BCUT2D eigenvalue weighted by Crippen LogP contribution is -2.25. The lowest BCUT2D eigenvalue weighted by Gasteiger charge is -2.07. The highest BCUT2D eigenvalue weighted by Crippen LogP contribution is 2.20. The van der Waals surface area contributed by atoms with Crippen molar-refractivity contribution in [1.29, 1.82) is 0 Å². The summed E-state index contributed by atoms with van der Waals surface area (Å²) in [4.78, 5) is 12.5. The number of sulfone groups is 1. The normalized spacial score (nSPS) is 11.5. The second kappa shape index (κ2) is 8.64. The van der Waals surface area contributed by atoms with E-state index in [0.29, 0.717) is 17.3 Å². The summed E-state index contributed by atoms with van der Waals surface area (Å²) in [5, 5.41) is 3.33. The Morgan fingerprint density at radius 3 is 2.24 bits per heavy atom. The summed E-state index contributed by atoms with van der Waals surface area (Å²) < 4.78 is 47.5. The minimum absolute atomic E-state index is 0.199. The van der Waals surface area contributed by atoms with Crippen molar-refractivity contribution in [3.63, 3.8) is 0 Å². The van der Waals surface area contributed by atoms with Gasteiger partial charge in [-0.2, -0.15) is 8.78 Å². The summed E-state index contributed by atoms with van der Waals surface area (Å²) in [6, 6.07) is 11.7. The van der Waals surface area contributed by atoms with Crippen LogP contribution in [0.4, 0.5) is 8.78 Å². The number of thioether (sulfide) groups is 1. The van der Waals surface area contributed by atoms with Crippen LogP contribution in [0, 0.1) is 0 Å². The van der Waals surface area contributed by atoms with Crippen LogP contribution >= 0.6 is 23.4 Å². The van der Waals surface area contributed by atoms with Gasteiger partial charge in [-0.25, -0.2) is 8.42 Å². The lowest BCUT2D eigenvalue weighted by molar-refractivity contribution is 0.0956. The van der Waals surface area contributed by atoms with Crippen molar-refractivity contribution in [2.45, 2.75) is 15.5 Å². The maximum Gasteiger partial charge on any atom is 0.341 e. The third-order valence-electron chi connectivity index (χ3n) is 3.15. The molecule has 2 rings (SSSR count). The molecule has 0 atom stereocenters. The Labute approximate surface area is 153 Å². The van der Waals surface area contributed by atoms with E-state index in [9.17, 15) is 22.0 Å². The number of nitrogens with one attached hydrogen (secondary N) is 1. The van der Waals surface area contributed by atoms with E-state index >= 15 is 0 Å². The van der Waals surface area contributed by atoms with E-state index in [1.54, 1.807) is 12.1 Å². The van der Waals surface area contributed by atoms with Crippen LogP contribution in [-0.4, -0.2) is 32.4 Å². The van der Waals surface area contributed by atoms with Crippen LogP contribution in [0.15, 0.2) is 58.3 Å². The van der Waals surface area contributed by atoms with Gasteiger partial charge in [0.1, 0.15) is 0 Å². The molecule has 25 heavy (non-hydrogen) atoms. The topological polar surface area (TPSA) is 63.2 Å². The van der Waals surface area contributed by atoms with Gasteiger partial charge < -0.3 is 5.32 Å². The van der Waals surface area contributed by atoms with Crippen molar-refractivity contribution < 1.29 is 22.0 Å². The average Bonchev–Trinajstić information content (AvgIpc) is 2.60. The number of carbonyl (C=O) groups is 1. The number of benzene rings is 2. The molecule has 9 heteroatoms. The van der Waals surface area contributed by atoms with Crippen molar-refractivity contribution in [2.75, 3.05) is 12.3 Å². The summed E-state index contributed by atoms with van der Waals surface area (Å²) in [7, 11) is -4.65. The third kappa shape index (κ3) is 5.42. The van der Waals surface area contributed by atoms with Gasteiger partial charge in [-0.05, 0) is 48.5 Å². The molecule has 1 N–H and O–H groups in total. The molecule has 0 heterocycles. The maximum atomic E-state index is 12.4. The number of amides is 1. The van der Waals surface area contributed by atoms with Gasteiger partial charge in [0, 0.05) is 27.8 Å². The number of alkyl halides is 2. The molecule has 0 saturated carbocycles. The van der Waals surface area contributed by atoms with Gasteiger partial charge in [0.05, 0.1) is 4.90 Å². The van der Waals surface area contributed by atoms with Crippen LogP contribution in [0.5, 0.6) is 0 Å². The molecule has 0 aliphatic heterocycles. The van der Waals surface area contributed by atoms with Gasteiger partial charge in [0.25, 0.3) is 5.91 Å². The Balaban J connectivity index is 1.85. The highest BCUT2D eigenvalue weighted by atomic mass is 35.5. The Hall–Kier alpha value is -1.64. The van der Waals surface area contributed by atoms with Crippen LogP contribution in [0.3, 0.4) is 0 Å². The fourth-order valence-electron chi connectivity index (χ4n) is 1.87. The molecule has 4 nitrogen and oxygen atoms in total. The molecule has 0 aliphatic rings. The van der Waals surface area contributed by atoms with Crippen LogP contribution in [0.1, 0.15) is 10.4 Å². The van der Waals surface area contributed by atoms with Gasteiger partial charge in [0.2, 0.25) is 9.84 Å². The van der Waals surface area contributed by atoms with Crippen molar-refractivity contribution >= 4 is 39.1 Å². The zero-order valence-electron chi connectivity index (χ0n) is 12.8. The first-order chi connectivity index (χ1) is 11.8. The van der Waals surface area contributed by atoms with Crippen LogP contribution in [0.2, 0.25) is 5.02 Å². The molecule has 0 bridgehead atoms. The largest absolute Gasteiger partial charge is 0.351 e. The predicted molar refractivity (Wildman–Crippen MR) is 94.1 cm³/mol. The van der Waals surface area contributed by atoms with Gasteiger partial charge >= 0.3 is 5.76 Å². The van der Waals surface area contributed by atoms with Gasteiger partial charge in [0.15, 0.2) is 0 Å². The number of hydrogen-bond acceptors (Lipinski definition) is 4. The summed E-state index contributed by atoms with van der Waals surface area (Å²) >= 11 is 7.33. The van der Waals surface area contributed by atoms with Crippen molar-refractivity contribution in [3.8, 4) is 0 Å². The van der Waals surface area contributed by atoms with Gasteiger partial charge in [-0.1, -0.05) is 11.6 Å². The van der Waals surface area contributed by atoms with E-state index in [-0.39, 0.29) is 5.56 Å². The molecule has 0 aliphatic carbocycles. The summed E-state index contributed by atoms with van der Waals surface area (Å²) in [6.07, 6.45) is 0. The molecule has 2 aromatic rings. The minimum atomic E-state index is -4.65. The Bertz CT molecular complexity index is 825. The first kappa shape index (κ1) is 19.7. The smallest absolute Gasteiger partial charge is 0.341 e. The number of halogens is 3. The highest BCUT2D eigenvalue weighted by Gasteiger charge is 2.26. The third-order valence-corrected chi connectivity index (χ3v) is 5.81. The maximum absolute atomic E-state index is 12.4. The summed E-state index contributed by atoms with van der Waals surface area (Å²) in [6.45, 7) is 0.392. The van der Waals surface area contributed by atoms with Crippen molar-refractivity contribution in [1.82, 2.24) is 5.32 Å². The van der Waals surface area contributed by atoms with Crippen molar-refractivity contribution in [2.24, 2.45) is 0 Å². The second-order valence-corrected chi connectivity index (χ2v) is 8.41. The fraction of sp³-hybridized carbons (Fsp3) is 0.188. The monoisotopic (exact) mass is 405 g/mol. The standard InChI is InChI=1S/C16H14ClF2NO3S2/c17-12-3-5-13(6-4-12)24-10-9-20-15(21)11-1-7-14(8-2-11)25(22,23)16(18)19/h1-8,16H,9-10H2,(H,20,21). The average molecular weight is 406 g/mol. The van der Waals surface area contributed by atoms with E-state index in [1.165, 1.54) is 23.9 Å². The molecule has 0 aromatic heterocycles. The molecule has 2 aromatic carbocycles. The number of rotatable bonds is 7. The van der Waals surface area contributed by atoms with Crippen molar-refractivity contribution in [3.05, 3.63) is 59.1 Å². The second-order valence-electron chi connectivity index (χ2n) is 4.89. The van der Waals surface area contributed by atoms with Gasteiger partial charge in [-0.3, -0.25) is 4.79 Å². The molecular weight excluding hydrogens is 392 g/mol. The highest BCUT2D eigenvalue weighted by molar-refractivity contribution is 7.99. The van der Waals surface area contributed by atoms with Gasteiger partial charge in [-0.15, -0.1) is 11.8 Å². The Morgan fingerprint density at radius 2 is 1.68 bits per heavy atom. The summed E-state index contributed by atoms with van der Waals surface area (Å²) in [5.41, 5.74) is 0.199. The van der Waals surface area contributed by atoms with E-state index in [4.69, 9.17) is 11.6 Å². The van der Waals surface area contributed by atoms with Crippen LogP contribution in [-0.2, 0) is 9.84 Å². The Morgan fingerprint density at radius 1 is 1.08 bits per heavy atom. The lowest BCUT2D eigenvalue weighted by atomic mass is 10.2. The van der Waals surface area contributed by atoms with E-state index in [1.807, 2.05) is 12.1 Å². The zero-order valence-corrected chi connectivity index (χ0v) is 15.2. The van der Waals surface area contributed by atoms with E-state index < -0.39 is 26.4 Å². The molecule has 0 saturated heterocycles. The summed E-state index contributed by atoms with van der Waals surface area (Å²) in [5.74, 6) is -3.26. The van der Waals surface area contributed by atoms with E-state index in [2.05, 4.69) is 5.32 Å². The number of hydrogen-bond donors (Lipinski definition) is 1. The first-order valence-electron chi connectivity index (χ1n) is 7.09. The molecule has 134 valence electrons. The molecule has 0 unspecified atom stereocenters. The fourth-order valence-corrected chi connectivity index (χ4v) is 3.48. The Kier molecular flexibility index (Phi) is 6.80. The molecule has 0 radical (unpaired) electrons. The predicted octanol–water partition coefficient (Wildman–Crippen LogP) is 3.86. The first-order valence-corrected chi connectivity index (χ1v) is 10.0. The molecule has 0 spiro atoms. The number of carbonyl (C=O) groups excluding carboxylic acids is 1. The zero-order chi connectivity index (χ0) is 18.4. The minimum Gasteiger partial charge on any atom is -0.351 e. The molecule has 0 fully saturated rings. The SMILES string of the molecule is O=C(NCCSc1ccc(Cl)cc1)c1ccc(S(=O)(=O)C(F)F)cc1. The molecule has 1 amide bonds. The quantitative estimate of drug-likeness (QED) is 0.561.